The minimum atomic E-state index is 0.575. The highest BCUT2D eigenvalue weighted by Crippen LogP contribution is 2.19. The molecule has 4 heteroatoms. The van der Waals surface area contributed by atoms with Crippen LogP contribution in [0.1, 0.15) is 18.5 Å². The third kappa shape index (κ3) is 2.89. The highest BCUT2D eigenvalue weighted by Gasteiger charge is 2.14. The molecule has 2 rings (SSSR count). The standard InChI is InChI=1S/C11H16N2O2/c1-14-11-3-2-10(12-13-11)8-9-4-6-15-7-5-9/h2-3,9H,4-8H2,1H3. The fraction of sp³-hybridized carbons (Fsp3) is 0.636. The van der Waals surface area contributed by atoms with E-state index in [2.05, 4.69) is 10.2 Å². The molecule has 0 aromatic carbocycles. The molecule has 0 radical (unpaired) electrons. The highest BCUT2D eigenvalue weighted by molar-refractivity contribution is 5.11. The monoisotopic (exact) mass is 208 g/mol. The first-order chi connectivity index (χ1) is 7.38. The van der Waals surface area contributed by atoms with Crippen molar-refractivity contribution in [1.29, 1.82) is 0 Å². The molecule has 1 aromatic rings. The molecule has 82 valence electrons. The van der Waals surface area contributed by atoms with E-state index in [0.29, 0.717) is 11.8 Å². The molecule has 0 atom stereocenters. The van der Waals surface area contributed by atoms with Gasteiger partial charge in [0.1, 0.15) is 0 Å². The number of methoxy groups -OCH3 is 1. The molecule has 0 bridgehead atoms. The van der Waals surface area contributed by atoms with Crippen LogP contribution in [0.5, 0.6) is 5.88 Å². The molecule has 15 heavy (non-hydrogen) atoms. The average Bonchev–Trinajstić information content (AvgIpc) is 2.31. The van der Waals surface area contributed by atoms with Crippen LogP contribution in [0.15, 0.2) is 12.1 Å². The third-order valence-electron chi connectivity index (χ3n) is 2.74. The van der Waals surface area contributed by atoms with Gasteiger partial charge in [-0.05, 0) is 31.2 Å². The summed E-state index contributed by atoms with van der Waals surface area (Å²) in [5.41, 5.74) is 1.04. The smallest absolute Gasteiger partial charge is 0.233 e. The van der Waals surface area contributed by atoms with E-state index < -0.39 is 0 Å². The van der Waals surface area contributed by atoms with E-state index in [4.69, 9.17) is 9.47 Å². The maximum absolute atomic E-state index is 5.32. The lowest BCUT2D eigenvalue weighted by Gasteiger charge is -2.21. The van der Waals surface area contributed by atoms with Gasteiger partial charge in [0.05, 0.1) is 12.8 Å². The van der Waals surface area contributed by atoms with Crippen molar-refractivity contribution in [1.82, 2.24) is 10.2 Å². The van der Waals surface area contributed by atoms with Crippen molar-refractivity contribution in [3.8, 4) is 5.88 Å². The van der Waals surface area contributed by atoms with Gasteiger partial charge in [-0.1, -0.05) is 0 Å². The molecule has 2 heterocycles. The zero-order valence-electron chi connectivity index (χ0n) is 8.98. The molecule has 0 N–H and O–H groups in total. The van der Waals surface area contributed by atoms with Gasteiger partial charge < -0.3 is 9.47 Å². The lowest BCUT2D eigenvalue weighted by Crippen LogP contribution is -2.18. The topological polar surface area (TPSA) is 44.2 Å². The zero-order valence-corrected chi connectivity index (χ0v) is 8.98. The summed E-state index contributed by atoms with van der Waals surface area (Å²) in [7, 11) is 1.60. The average molecular weight is 208 g/mol. The van der Waals surface area contributed by atoms with Crippen molar-refractivity contribution >= 4 is 0 Å². The predicted molar refractivity (Wildman–Crippen MR) is 55.8 cm³/mol. The zero-order chi connectivity index (χ0) is 10.5. The number of ether oxygens (including phenoxy) is 2. The van der Waals surface area contributed by atoms with Crippen LogP contribution in [-0.2, 0) is 11.2 Å². The number of rotatable bonds is 3. The Hall–Kier alpha value is -1.16. The van der Waals surface area contributed by atoms with Crippen LogP contribution in [0.2, 0.25) is 0 Å². The van der Waals surface area contributed by atoms with Gasteiger partial charge in [-0.3, -0.25) is 0 Å². The molecular formula is C11H16N2O2. The van der Waals surface area contributed by atoms with Gasteiger partial charge in [0.2, 0.25) is 5.88 Å². The van der Waals surface area contributed by atoms with Crippen LogP contribution >= 0.6 is 0 Å². The van der Waals surface area contributed by atoms with Crippen molar-refractivity contribution in [3.63, 3.8) is 0 Å². The summed E-state index contributed by atoms with van der Waals surface area (Å²) < 4.78 is 10.3. The molecule has 0 amide bonds. The summed E-state index contributed by atoms with van der Waals surface area (Å²) >= 11 is 0. The van der Waals surface area contributed by atoms with Crippen molar-refractivity contribution in [2.24, 2.45) is 5.92 Å². The normalized spacial score (nSPS) is 17.7. The van der Waals surface area contributed by atoms with Crippen molar-refractivity contribution in [3.05, 3.63) is 17.8 Å². The van der Waals surface area contributed by atoms with Crippen molar-refractivity contribution in [2.45, 2.75) is 19.3 Å². The SMILES string of the molecule is COc1ccc(CC2CCOCC2)nn1. The molecule has 0 aliphatic carbocycles. The Morgan fingerprint density at radius 1 is 1.33 bits per heavy atom. The minimum Gasteiger partial charge on any atom is -0.480 e. The van der Waals surface area contributed by atoms with Gasteiger partial charge in [-0.2, -0.15) is 5.10 Å². The summed E-state index contributed by atoms with van der Waals surface area (Å²) in [6, 6.07) is 3.85. The Kier molecular flexibility index (Phi) is 3.50. The first-order valence-corrected chi connectivity index (χ1v) is 5.33. The molecule has 0 spiro atoms. The van der Waals surface area contributed by atoms with E-state index in [1.54, 1.807) is 7.11 Å². The molecule has 1 aromatic heterocycles. The van der Waals surface area contributed by atoms with E-state index in [-0.39, 0.29) is 0 Å². The molecule has 1 aliphatic rings. The van der Waals surface area contributed by atoms with Gasteiger partial charge in [-0.25, -0.2) is 0 Å². The van der Waals surface area contributed by atoms with E-state index in [1.807, 2.05) is 12.1 Å². The largest absolute Gasteiger partial charge is 0.480 e. The molecule has 1 aliphatic heterocycles. The van der Waals surface area contributed by atoms with Crippen molar-refractivity contribution < 1.29 is 9.47 Å². The van der Waals surface area contributed by atoms with Crippen LogP contribution in [0, 0.1) is 5.92 Å². The first-order valence-electron chi connectivity index (χ1n) is 5.33. The fourth-order valence-corrected chi connectivity index (χ4v) is 1.81. The minimum absolute atomic E-state index is 0.575. The quantitative estimate of drug-likeness (QED) is 0.754. The Labute approximate surface area is 89.6 Å². The fourth-order valence-electron chi connectivity index (χ4n) is 1.81. The third-order valence-corrected chi connectivity index (χ3v) is 2.74. The van der Waals surface area contributed by atoms with Crippen LogP contribution in [0.3, 0.4) is 0 Å². The van der Waals surface area contributed by atoms with Crippen LogP contribution < -0.4 is 4.74 Å². The van der Waals surface area contributed by atoms with E-state index in [0.717, 1.165) is 38.2 Å². The molecule has 0 unspecified atom stereocenters. The summed E-state index contributed by atoms with van der Waals surface area (Å²) in [5, 5.41) is 8.09. The van der Waals surface area contributed by atoms with Gasteiger partial charge in [0.15, 0.2) is 0 Å². The van der Waals surface area contributed by atoms with Gasteiger partial charge in [-0.15, -0.1) is 5.10 Å². The van der Waals surface area contributed by atoms with Gasteiger partial charge in [0.25, 0.3) is 0 Å². The molecular weight excluding hydrogens is 192 g/mol. The number of hydrogen-bond acceptors (Lipinski definition) is 4. The van der Waals surface area contributed by atoms with Crippen LogP contribution in [0.4, 0.5) is 0 Å². The second-order valence-corrected chi connectivity index (χ2v) is 3.83. The van der Waals surface area contributed by atoms with E-state index in [1.165, 1.54) is 0 Å². The number of nitrogens with zero attached hydrogens (tertiary/aromatic N) is 2. The second kappa shape index (κ2) is 5.07. The maximum atomic E-state index is 5.32. The predicted octanol–water partition coefficient (Wildman–Crippen LogP) is 1.45. The number of aromatic nitrogens is 2. The summed E-state index contributed by atoms with van der Waals surface area (Å²) in [6.45, 7) is 1.77. The molecule has 1 fully saturated rings. The lowest BCUT2D eigenvalue weighted by molar-refractivity contribution is 0.0662. The Bertz CT molecular complexity index is 294. The van der Waals surface area contributed by atoms with Gasteiger partial charge in [0, 0.05) is 19.3 Å². The molecule has 0 saturated carbocycles. The summed E-state index contributed by atoms with van der Waals surface area (Å²) in [6.07, 6.45) is 3.27. The van der Waals surface area contributed by atoms with Crippen molar-refractivity contribution in [2.75, 3.05) is 20.3 Å². The Balaban J connectivity index is 1.91. The first kappa shape index (κ1) is 10.4. The Morgan fingerprint density at radius 3 is 2.73 bits per heavy atom. The lowest BCUT2D eigenvalue weighted by atomic mass is 9.95. The summed E-state index contributed by atoms with van der Waals surface area (Å²) in [4.78, 5) is 0. The number of hydrogen-bond donors (Lipinski definition) is 0. The van der Waals surface area contributed by atoms with E-state index in [9.17, 15) is 0 Å². The molecule has 1 saturated heterocycles. The summed E-state index contributed by atoms with van der Waals surface area (Å²) in [5.74, 6) is 1.27. The highest BCUT2D eigenvalue weighted by atomic mass is 16.5. The second-order valence-electron chi connectivity index (χ2n) is 3.83. The van der Waals surface area contributed by atoms with Crippen LogP contribution in [0.25, 0.3) is 0 Å². The van der Waals surface area contributed by atoms with E-state index >= 15 is 0 Å². The van der Waals surface area contributed by atoms with Gasteiger partial charge >= 0.3 is 0 Å². The Morgan fingerprint density at radius 2 is 2.13 bits per heavy atom. The molecule has 4 nitrogen and oxygen atoms in total. The maximum Gasteiger partial charge on any atom is 0.233 e. The van der Waals surface area contributed by atoms with Crippen LogP contribution in [-0.4, -0.2) is 30.5 Å².